The lowest BCUT2D eigenvalue weighted by molar-refractivity contribution is -0.143. The molecule has 4 amide bonds. The van der Waals surface area contributed by atoms with Crippen molar-refractivity contribution in [3.05, 3.63) is 36.0 Å². The van der Waals surface area contributed by atoms with Crippen molar-refractivity contribution in [1.29, 1.82) is 0 Å². The molecule has 3 fully saturated rings. The summed E-state index contributed by atoms with van der Waals surface area (Å²) in [6.45, 7) is 2.88. The van der Waals surface area contributed by atoms with E-state index in [4.69, 9.17) is 14.2 Å². The van der Waals surface area contributed by atoms with Gasteiger partial charge >= 0.3 is 12.3 Å². The first kappa shape index (κ1) is 40.9. The predicted molar refractivity (Wildman–Crippen MR) is 192 cm³/mol. The highest BCUT2D eigenvalue weighted by Crippen LogP contribution is 2.48. The SMILES string of the molecule is COC[C@@H]1C[C@@H](C)CC/C=C\[C@@H]2C[C@@]2(C(=O)NS(=O)(=O)C2(C)CC2)NC(=O)[C@@H]2C[C@@H](Oc3nc4cc(OC)ccc4nc3C(F)(F)F)CN2C(=O)[C@H]1NC(=O)O. The molecule has 3 heterocycles. The van der Waals surface area contributed by atoms with E-state index in [1.807, 2.05) is 13.0 Å². The summed E-state index contributed by atoms with van der Waals surface area (Å²) >= 11 is 0. The number of methoxy groups -OCH3 is 2. The Morgan fingerprint density at radius 2 is 1.86 bits per heavy atom. The molecule has 16 nitrogen and oxygen atoms in total. The molecule has 1 saturated heterocycles. The minimum Gasteiger partial charge on any atom is -0.497 e. The van der Waals surface area contributed by atoms with Crippen LogP contribution in [0.15, 0.2) is 30.4 Å². The van der Waals surface area contributed by atoms with Crippen LogP contribution in [0.5, 0.6) is 11.6 Å². The quantitative estimate of drug-likeness (QED) is 0.269. The van der Waals surface area contributed by atoms with Crippen molar-refractivity contribution >= 4 is 44.9 Å². The molecule has 2 aliphatic heterocycles. The molecule has 1 aromatic carbocycles. The van der Waals surface area contributed by atoms with Crippen molar-refractivity contribution in [1.82, 2.24) is 30.2 Å². The Morgan fingerprint density at radius 1 is 1.12 bits per heavy atom. The van der Waals surface area contributed by atoms with Gasteiger partial charge in [0.15, 0.2) is 0 Å². The summed E-state index contributed by atoms with van der Waals surface area (Å²) in [5.74, 6) is -4.80. The summed E-state index contributed by atoms with van der Waals surface area (Å²) < 4.78 is 86.7. The van der Waals surface area contributed by atoms with E-state index in [1.54, 1.807) is 6.08 Å². The average molecular weight is 811 g/mol. The number of carboxylic acid groups (broad SMARTS) is 1. The summed E-state index contributed by atoms with van der Waals surface area (Å²) in [5.41, 5.74) is -3.28. The zero-order valence-corrected chi connectivity index (χ0v) is 32.0. The Kier molecular flexibility index (Phi) is 11.2. The Hall–Kier alpha value is -4.72. The molecule has 2 saturated carbocycles. The van der Waals surface area contributed by atoms with Crippen LogP contribution >= 0.6 is 0 Å². The molecular formula is C36H45F3N6O10S. The van der Waals surface area contributed by atoms with E-state index in [0.29, 0.717) is 32.1 Å². The molecule has 306 valence electrons. The lowest BCUT2D eigenvalue weighted by Crippen LogP contribution is -2.59. The number of hydrogen-bond donors (Lipinski definition) is 4. The molecule has 2 aromatic rings. The predicted octanol–water partition coefficient (Wildman–Crippen LogP) is 3.15. The number of halogens is 3. The van der Waals surface area contributed by atoms with Gasteiger partial charge in [0.2, 0.25) is 33.4 Å². The maximum atomic E-state index is 14.5. The Balaban J connectivity index is 1.39. The molecule has 56 heavy (non-hydrogen) atoms. The number of benzene rings is 1. The molecule has 4 aliphatic rings. The zero-order chi connectivity index (χ0) is 40.8. The average Bonchev–Trinajstić information content (AvgIpc) is 4.01. The third-order valence-corrected chi connectivity index (χ3v) is 13.3. The number of aromatic nitrogens is 2. The first-order chi connectivity index (χ1) is 26.3. The number of carbonyl (C=O) groups is 4. The Morgan fingerprint density at radius 3 is 2.50 bits per heavy atom. The monoisotopic (exact) mass is 810 g/mol. The molecule has 20 heteroatoms. The van der Waals surface area contributed by atoms with E-state index in [1.165, 1.54) is 39.3 Å². The molecule has 0 radical (unpaired) electrons. The zero-order valence-electron chi connectivity index (χ0n) is 31.2. The second-order valence-electron chi connectivity index (χ2n) is 15.4. The lowest BCUT2D eigenvalue weighted by atomic mass is 9.87. The van der Waals surface area contributed by atoms with Crippen LogP contribution in [0.25, 0.3) is 11.0 Å². The highest BCUT2D eigenvalue weighted by Gasteiger charge is 2.63. The summed E-state index contributed by atoms with van der Waals surface area (Å²) in [6, 6.07) is 1.10. The smallest absolute Gasteiger partial charge is 0.438 e. The fourth-order valence-corrected chi connectivity index (χ4v) is 8.81. The number of alkyl halides is 3. The number of fused-ring (bicyclic) bond motifs is 3. The number of amides is 4. The molecule has 0 bridgehead atoms. The van der Waals surface area contributed by atoms with E-state index in [2.05, 4.69) is 25.3 Å². The molecular weight excluding hydrogens is 765 g/mol. The Bertz CT molecular complexity index is 2030. The fourth-order valence-electron chi connectivity index (χ4n) is 7.49. The topological polar surface area (TPSA) is 215 Å². The standard InChI is InChI=1S/C36H45F3N6O10S/c1-19-7-5-6-8-21-16-35(21,32(48)44-56(51,52)34(2)11-12-34)43-29(46)26-15-23(17-45(26)31(47)27(42-33(49)50)20(13-19)18-53-3)55-30-28(36(37,38)39)40-24-10-9-22(54-4)14-25(24)41-30/h6,8-10,14,19-21,23,26-27,42H,5,7,11-13,15-18H2,1-4H3,(H,43,46)(H,44,48)(H,49,50)/b8-6-/t19-,20-,21+,23+,26-,27-,35+/m0/s1. The molecule has 7 atom stereocenters. The maximum Gasteiger partial charge on any atom is 0.438 e. The van der Waals surface area contributed by atoms with E-state index in [9.17, 15) is 45.9 Å². The van der Waals surface area contributed by atoms with Gasteiger partial charge in [-0.2, -0.15) is 13.2 Å². The van der Waals surface area contributed by atoms with Gasteiger partial charge in [-0.25, -0.2) is 23.2 Å². The van der Waals surface area contributed by atoms with Gasteiger partial charge in [0.25, 0.3) is 5.91 Å². The van der Waals surface area contributed by atoms with Gasteiger partial charge in [-0.15, -0.1) is 0 Å². The summed E-state index contributed by atoms with van der Waals surface area (Å²) in [4.78, 5) is 63.7. The van der Waals surface area contributed by atoms with E-state index in [0.717, 1.165) is 4.90 Å². The van der Waals surface area contributed by atoms with Crippen LogP contribution in [0, 0.1) is 17.8 Å². The van der Waals surface area contributed by atoms with Crippen molar-refractivity contribution in [2.24, 2.45) is 17.8 Å². The minimum absolute atomic E-state index is 0.00653. The number of sulfonamides is 1. The highest BCUT2D eigenvalue weighted by atomic mass is 32.2. The third-order valence-electron chi connectivity index (χ3n) is 11.1. The van der Waals surface area contributed by atoms with Crippen LogP contribution in [-0.4, -0.2) is 108 Å². The van der Waals surface area contributed by atoms with E-state index in [-0.39, 0.29) is 35.7 Å². The van der Waals surface area contributed by atoms with Crippen molar-refractivity contribution in [2.45, 2.75) is 93.4 Å². The van der Waals surface area contributed by atoms with Crippen LogP contribution in [0.1, 0.15) is 64.5 Å². The summed E-state index contributed by atoms with van der Waals surface area (Å²) in [6.07, 6.45) is -2.56. The number of nitrogens with one attached hydrogen (secondary N) is 3. The maximum absolute atomic E-state index is 14.5. The van der Waals surface area contributed by atoms with Gasteiger partial charge in [-0.05, 0) is 63.5 Å². The van der Waals surface area contributed by atoms with Crippen LogP contribution in [0.2, 0.25) is 0 Å². The molecule has 0 spiro atoms. The second kappa shape index (κ2) is 15.3. The highest BCUT2D eigenvalue weighted by molar-refractivity contribution is 7.91. The van der Waals surface area contributed by atoms with Crippen LogP contribution in [0.4, 0.5) is 18.0 Å². The minimum atomic E-state index is -5.03. The van der Waals surface area contributed by atoms with Gasteiger partial charge < -0.3 is 34.9 Å². The first-order valence-electron chi connectivity index (χ1n) is 18.2. The molecule has 2 aliphatic carbocycles. The fraction of sp³-hybridized carbons (Fsp3) is 0.611. The number of ether oxygens (including phenoxy) is 3. The van der Waals surface area contributed by atoms with Crippen molar-refractivity contribution < 1.29 is 60.1 Å². The Labute approximate surface area is 321 Å². The van der Waals surface area contributed by atoms with Crippen molar-refractivity contribution in [3.8, 4) is 11.6 Å². The van der Waals surface area contributed by atoms with Gasteiger partial charge in [0.1, 0.15) is 29.5 Å². The normalized spacial score (nSPS) is 29.8. The van der Waals surface area contributed by atoms with Crippen LogP contribution in [0.3, 0.4) is 0 Å². The summed E-state index contributed by atoms with van der Waals surface area (Å²) in [7, 11) is -1.37. The molecule has 0 unspecified atom stereocenters. The molecule has 1 aromatic heterocycles. The van der Waals surface area contributed by atoms with Crippen molar-refractivity contribution in [2.75, 3.05) is 27.4 Å². The number of nitrogens with zero attached hydrogens (tertiary/aromatic N) is 3. The van der Waals surface area contributed by atoms with Crippen LogP contribution < -0.4 is 24.8 Å². The molecule has 4 N–H and O–H groups in total. The number of rotatable bonds is 9. The van der Waals surface area contributed by atoms with Gasteiger partial charge in [-0.3, -0.25) is 19.1 Å². The van der Waals surface area contributed by atoms with Gasteiger partial charge in [0, 0.05) is 31.4 Å². The third kappa shape index (κ3) is 8.35. The summed E-state index contributed by atoms with van der Waals surface area (Å²) in [5, 5.41) is 14.8. The van der Waals surface area contributed by atoms with E-state index >= 15 is 0 Å². The molecule has 6 rings (SSSR count). The number of allylic oxidation sites excluding steroid dienone is 1. The van der Waals surface area contributed by atoms with Crippen LogP contribution in [-0.2, 0) is 35.3 Å². The van der Waals surface area contributed by atoms with Crippen molar-refractivity contribution in [3.63, 3.8) is 0 Å². The lowest BCUT2D eigenvalue weighted by Gasteiger charge is -2.33. The second-order valence-corrected chi connectivity index (χ2v) is 17.6. The number of hydrogen-bond acceptors (Lipinski definition) is 11. The largest absolute Gasteiger partial charge is 0.497 e. The van der Waals surface area contributed by atoms with E-state index < -0.39 is 105 Å². The first-order valence-corrected chi connectivity index (χ1v) is 19.7. The van der Waals surface area contributed by atoms with Gasteiger partial charge in [0.05, 0.1) is 36.0 Å². The van der Waals surface area contributed by atoms with Gasteiger partial charge in [-0.1, -0.05) is 19.1 Å². The number of carbonyl (C=O) groups excluding carboxylic acids is 3.